The Balaban J connectivity index is 1.79. The van der Waals surface area contributed by atoms with E-state index in [1.54, 1.807) is 16.4 Å². The number of ether oxygens (including phenoxy) is 3. The molecular formula is C28H33BrN4O4S. The number of fused-ring (bicyclic) bond motifs is 1. The van der Waals surface area contributed by atoms with Crippen LogP contribution in [0.1, 0.15) is 58.2 Å². The van der Waals surface area contributed by atoms with E-state index < -0.39 is 12.0 Å². The number of nitrogens with one attached hydrogen (secondary N) is 1. The number of allylic oxidation sites excluding steroid dienone is 1. The third-order valence-corrected chi connectivity index (χ3v) is 7.34. The van der Waals surface area contributed by atoms with Crippen LogP contribution in [0, 0.1) is 0 Å². The van der Waals surface area contributed by atoms with Crippen LogP contribution in [-0.2, 0) is 16.1 Å². The van der Waals surface area contributed by atoms with Crippen molar-refractivity contribution in [1.29, 1.82) is 0 Å². The molecule has 10 heteroatoms. The summed E-state index contributed by atoms with van der Waals surface area (Å²) >= 11 is 5.28. The number of hydrogen-bond donors (Lipinski definition) is 1. The fourth-order valence-corrected chi connectivity index (χ4v) is 5.37. The number of carbonyl (C=O) groups excluding carboxylic acids is 1. The van der Waals surface area contributed by atoms with Gasteiger partial charge >= 0.3 is 5.97 Å². The molecule has 1 aromatic heterocycles. The van der Waals surface area contributed by atoms with E-state index in [1.807, 2.05) is 70.2 Å². The number of nitrogens with zero attached hydrogens (tertiary/aromatic N) is 3. The van der Waals surface area contributed by atoms with Crippen LogP contribution < -0.4 is 14.8 Å². The predicted octanol–water partition coefficient (Wildman–Crippen LogP) is 6.76. The minimum Gasteiger partial charge on any atom is -0.490 e. The van der Waals surface area contributed by atoms with Crippen molar-refractivity contribution in [3.8, 4) is 11.5 Å². The number of carbonyl (C=O) groups is 1. The Labute approximate surface area is 236 Å². The molecule has 0 bridgehead atoms. The second-order valence-electron chi connectivity index (χ2n) is 9.07. The Morgan fingerprint density at radius 2 is 1.95 bits per heavy atom. The van der Waals surface area contributed by atoms with Gasteiger partial charge in [-0.2, -0.15) is 4.98 Å². The van der Waals surface area contributed by atoms with Gasteiger partial charge in [-0.25, -0.2) is 9.48 Å². The van der Waals surface area contributed by atoms with Gasteiger partial charge in [-0.05, 0) is 73.3 Å². The SMILES string of the molecule is CCCSc1nc2n(n1)C(c1cc(Br)c(OCc3ccccc3)c(OCC)c1)C(C(=O)OC(C)C)=C(C)N2. The molecule has 2 aromatic carbocycles. The molecule has 3 aromatic rings. The van der Waals surface area contributed by atoms with Gasteiger partial charge in [0, 0.05) is 11.4 Å². The van der Waals surface area contributed by atoms with Crippen LogP contribution in [0.25, 0.3) is 0 Å². The van der Waals surface area contributed by atoms with Gasteiger partial charge in [0.25, 0.3) is 0 Å². The lowest BCUT2D eigenvalue weighted by molar-refractivity contribution is -0.143. The summed E-state index contributed by atoms with van der Waals surface area (Å²) < 4.78 is 20.3. The van der Waals surface area contributed by atoms with E-state index in [0.29, 0.717) is 51.6 Å². The second kappa shape index (κ2) is 12.7. The van der Waals surface area contributed by atoms with Gasteiger partial charge < -0.3 is 19.5 Å². The van der Waals surface area contributed by atoms with Crippen molar-refractivity contribution in [2.24, 2.45) is 0 Å². The van der Waals surface area contributed by atoms with Crippen molar-refractivity contribution in [3.05, 3.63) is 69.3 Å². The molecule has 38 heavy (non-hydrogen) atoms. The van der Waals surface area contributed by atoms with Crippen LogP contribution >= 0.6 is 27.7 Å². The Kier molecular flexibility index (Phi) is 9.38. The van der Waals surface area contributed by atoms with Gasteiger partial charge in [-0.3, -0.25) is 0 Å². The first-order chi connectivity index (χ1) is 18.3. The number of anilines is 1. The van der Waals surface area contributed by atoms with Gasteiger partial charge in [-0.1, -0.05) is 49.0 Å². The fraction of sp³-hybridized carbons (Fsp3) is 0.393. The van der Waals surface area contributed by atoms with Gasteiger partial charge in [0.15, 0.2) is 11.5 Å². The zero-order chi connectivity index (χ0) is 27.2. The summed E-state index contributed by atoms with van der Waals surface area (Å²) in [7, 11) is 0. The highest BCUT2D eigenvalue weighted by Gasteiger charge is 2.36. The first-order valence-electron chi connectivity index (χ1n) is 12.7. The third kappa shape index (κ3) is 6.35. The molecular weight excluding hydrogens is 568 g/mol. The maximum atomic E-state index is 13.4. The molecule has 1 atom stereocenters. The topological polar surface area (TPSA) is 87.5 Å². The van der Waals surface area contributed by atoms with E-state index in [2.05, 4.69) is 33.2 Å². The molecule has 0 radical (unpaired) electrons. The van der Waals surface area contributed by atoms with Crippen LogP contribution in [0.2, 0.25) is 0 Å². The van der Waals surface area contributed by atoms with E-state index in [1.165, 1.54) is 0 Å². The number of esters is 1. The highest BCUT2D eigenvalue weighted by Crippen LogP contribution is 2.43. The molecule has 4 rings (SSSR count). The van der Waals surface area contributed by atoms with Crippen LogP contribution in [-0.4, -0.2) is 39.2 Å². The Hall–Kier alpha value is -2.98. The van der Waals surface area contributed by atoms with E-state index in [9.17, 15) is 4.79 Å². The normalized spacial score (nSPS) is 14.8. The van der Waals surface area contributed by atoms with E-state index in [4.69, 9.17) is 19.3 Å². The molecule has 0 amide bonds. The molecule has 0 saturated heterocycles. The zero-order valence-corrected chi connectivity index (χ0v) is 24.7. The van der Waals surface area contributed by atoms with Crippen LogP contribution in [0.15, 0.2) is 63.4 Å². The average Bonchev–Trinajstić information content (AvgIpc) is 3.28. The second-order valence-corrected chi connectivity index (χ2v) is 11.0. The zero-order valence-electron chi connectivity index (χ0n) is 22.3. The van der Waals surface area contributed by atoms with Gasteiger partial charge in [0.2, 0.25) is 11.1 Å². The number of aromatic nitrogens is 3. The number of benzene rings is 2. The molecule has 1 aliphatic rings. The van der Waals surface area contributed by atoms with Crippen molar-refractivity contribution in [2.75, 3.05) is 17.7 Å². The number of thioether (sulfide) groups is 1. The lowest BCUT2D eigenvalue weighted by Gasteiger charge is -2.29. The Morgan fingerprint density at radius 3 is 2.63 bits per heavy atom. The molecule has 0 spiro atoms. The molecule has 202 valence electrons. The monoisotopic (exact) mass is 600 g/mol. The number of rotatable bonds is 11. The van der Waals surface area contributed by atoms with Crippen LogP contribution in [0.4, 0.5) is 5.95 Å². The molecule has 1 unspecified atom stereocenters. The summed E-state index contributed by atoms with van der Waals surface area (Å²) in [5.41, 5.74) is 2.98. The van der Waals surface area contributed by atoms with Crippen molar-refractivity contribution >= 4 is 39.6 Å². The summed E-state index contributed by atoms with van der Waals surface area (Å²) in [6.07, 6.45) is 0.736. The molecule has 0 saturated carbocycles. The van der Waals surface area contributed by atoms with Gasteiger partial charge in [0.05, 0.1) is 22.8 Å². The lowest BCUT2D eigenvalue weighted by Crippen LogP contribution is -2.30. The minimum atomic E-state index is -0.570. The average molecular weight is 602 g/mol. The molecule has 2 heterocycles. The summed E-state index contributed by atoms with van der Waals surface area (Å²) in [4.78, 5) is 18.0. The molecule has 0 fully saturated rings. The standard InChI is InChI=1S/C28H33BrN4O4S/c1-6-13-38-28-31-27-30-18(5)23(26(34)37-17(3)4)24(33(27)32-28)20-14-21(29)25(22(15-20)35-7-2)36-16-19-11-9-8-10-12-19/h8-12,14-15,17,24H,6-7,13,16H2,1-5H3,(H,30,31,32). The lowest BCUT2D eigenvalue weighted by atomic mass is 9.95. The summed E-state index contributed by atoms with van der Waals surface area (Å²) in [6, 6.07) is 13.2. The van der Waals surface area contributed by atoms with E-state index >= 15 is 0 Å². The number of halogens is 1. The largest absolute Gasteiger partial charge is 0.490 e. The predicted molar refractivity (Wildman–Crippen MR) is 153 cm³/mol. The van der Waals surface area contributed by atoms with E-state index in [0.717, 1.165) is 23.3 Å². The molecule has 0 aliphatic carbocycles. The maximum absolute atomic E-state index is 13.4. The summed E-state index contributed by atoms with van der Waals surface area (Å²) in [6.45, 7) is 10.4. The first kappa shape index (κ1) is 28.0. The van der Waals surface area contributed by atoms with E-state index in [-0.39, 0.29) is 6.10 Å². The minimum absolute atomic E-state index is 0.268. The molecule has 8 nitrogen and oxygen atoms in total. The van der Waals surface area contributed by atoms with Gasteiger partial charge in [-0.15, -0.1) is 5.10 Å². The quantitative estimate of drug-likeness (QED) is 0.191. The van der Waals surface area contributed by atoms with Crippen LogP contribution in [0.3, 0.4) is 0 Å². The third-order valence-electron chi connectivity index (χ3n) is 5.70. The molecule has 1 N–H and O–H groups in total. The Bertz CT molecular complexity index is 1310. The highest BCUT2D eigenvalue weighted by atomic mass is 79.9. The summed E-state index contributed by atoms with van der Waals surface area (Å²) in [5.74, 6) is 2.24. The van der Waals surface area contributed by atoms with Crippen molar-refractivity contribution < 1.29 is 19.0 Å². The smallest absolute Gasteiger partial charge is 0.338 e. The Morgan fingerprint density at radius 1 is 1.18 bits per heavy atom. The maximum Gasteiger partial charge on any atom is 0.338 e. The van der Waals surface area contributed by atoms with Gasteiger partial charge in [0.1, 0.15) is 12.6 Å². The van der Waals surface area contributed by atoms with Crippen molar-refractivity contribution in [3.63, 3.8) is 0 Å². The first-order valence-corrected chi connectivity index (χ1v) is 14.5. The van der Waals surface area contributed by atoms with Crippen LogP contribution in [0.5, 0.6) is 11.5 Å². The van der Waals surface area contributed by atoms with Crippen molar-refractivity contribution in [2.45, 2.75) is 64.9 Å². The molecule has 1 aliphatic heterocycles. The summed E-state index contributed by atoms with van der Waals surface area (Å²) in [5, 5.41) is 8.68. The fourth-order valence-electron chi connectivity index (χ4n) is 4.11. The van der Waals surface area contributed by atoms with Crippen molar-refractivity contribution in [1.82, 2.24) is 14.8 Å². The number of hydrogen-bond acceptors (Lipinski definition) is 8. The highest BCUT2D eigenvalue weighted by molar-refractivity contribution is 9.10.